The van der Waals surface area contributed by atoms with Crippen LogP contribution in [-0.4, -0.2) is 58.6 Å². The zero-order chi connectivity index (χ0) is 27.2. The molecule has 5 aliphatic rings. The number of hydrogen-bond acceptors (Lipinski definition) is 7. The number of amides is 1. The van der Waals surface area contributed by atoms with Crippen LogP contribution < -0.4 is 20.7 Å². The number of benzene rings is 1. The van der Waals surface area contributed by atoms with E-state index >= 15 is 0 Å². The van der Waals surface area contributed by atoms with Gasteiger partial charge in [-0.2, -0.15) is 4.98 Å². The smallest absolute Gasteiger partial charge is 0.229 e. The van der Waals surface area contributed by atoms with Gasteiger partial charge < -0.3 is 20.7 Å². The first-order valence-electron chi connectivity index (χ1n) is 14.6. The van der Waals surface area contributed by atoms with E-state index in [-0.39, 0.29) is 17.2 Å². The Balaban J connectivity index is 1.14. The lowest BCUT2D eigenvalue weighted by Crippen LogP contribution is -2.69. The summed E-state index contributed by atoms with van der Waals surface area (Å²) < 4.78 is 5.93. The van der Waals surface area contributed by atoms with Crippen LogP contribution in [0.3, 0.4) is 0 Å². The number of aromatic nitrogens is 2. The van der Waals surface area contributed by atoms with Gasteiger partial charge in [0.1, 0.15) is 17.4 Å². The number of nitrogens with one attached hydrogen (secondary N) is 3. The zero-order valence-corrected chi connectivity index (χ0v) is 24.1. The highest BCUT2D eigenvalue weighted by Crippen LogP contribution is 2.65. The van der Waals surface area contributed by atoms with Crippen molar-refractivity contribution in [3.05, 3.63) is 35.5 Å². The Kier molecular flexibility index (Phi) is 7.12. The summed E-state index contributed by atoms with van der Waals surface area (Å²) in [5.74, 6) is 2.80. The third-order valence-corrected chi connectivity index (χ3v) is 10.1. The standard InChI is InChI=1S/C30H41ClN6O2/c1-29(2)19-16-23(27(38)33-20-6-7-20)30(3,25(29)17-19)36-26-24(31)18-32-28(35-26)34-21-8-10-22(11-9-21)39-15-14-37-12-4-5-13-37/h8-11,18-20,23,25H,4-7,12-17H2,1-3H3,(H,33,38)(H2,32,34,35,36)/t19-,23+,25+,30-/m0/s1. The van der Waals surface area contributed by atoms with Crippen LogP contribution in [0.5, 0.6) is 5.75 Å². The van der Waals surface area contributed by atoms with Crippen molar-refractivity contribution in [3.8, 4) is 5.75 Å². The third-order valence-electron chi connectivity index (χ3n) is 9.80. The number of carbonyl (C=O) groups excluding carboxylic acids is 1. The lowest BCUT2D eigenvalue weighted by atomic mass is 9.40. The van der Waals surface area contributed by atoms with Crippen LogP contribution in [0.2, 0.25) is 5.02 Å². The van der Waals surface area contributed by atoms with E-state index in [4.69, 9.17) is 21.3 Å². The van der Waals surface area contributed by atoms with Crippen LogP contribution in [0.25, 0.3) is 0 Å². The van der Waals surface area contributed by atoms with E-state index in [1.54, 1.807) is 6.20 Å². The van der Waals surface area contributed by atoms with Crippen molar-refractivity contribution in [2.24, 2.45) is 23.2 Å². The Hall–Kier alpha value is -2.58. The lowest BCUT2D eigenvalue weighted by molar-refractivity contribution is -0.156. The molecule has 2 heterocycles. The number of ether oxygens (including phenoxy) is 1. The van der Waals surface area contributed by atoms with Gasteiger partial charge in [0.05, 0.1) is 17.7 Å². The Morgan fingerprint density at radius 3 is 2.56 bits per heavy atom. The van der Waals surface area contributed by atoms with Crippen LogP contribution in [0.15, 0.2) is 30.5 Å². The van der Waals surface area contributed by atoms with Crippen LogP contribution in [-0.2, 0) is 4.79 Å². The molecule has 9 heteroatoms. The monoisotopic (exact) mass is 552 g/mol. The average molecular weight is 553 g/mol. The highest BCUT2D eigenvalue weighted by Gasteiger charge is 2.65. The van der Waals surface area contributed by atoms with Gasteiger partial charge in [0.25, 0.3) is 0 Å². The molecule has 2 aromatic rings. The summed E-state index contributed by atoms with van der Waals surface area (Å²) in [5, 5.41) is 10.7. The Morgan fingerprint density at radius 1 is 1.13 bits per heavy atom. The fourth-order valence-electron chi connectivity index (χ4n) is 7.12. The number of likely N-dealkylation sites (tertiary alicyclic amines) is 1. The van der Waals surface area contributed by atoms with Gasteiger partial charge in [-0.25, -0.2) is 4.98 Å². The van der Waals surface area contributed by atoms with Crippen molar-refractivity contribution in [1.29, 1.82) is 0 Å². The number of fused-ring (bicyclic) bond motifs is 2. The van der Waals surface area contributed by atoms with Crippen molar-refractivity contribution < 1.29 is 9.53 Å². The maximum absolute atomic E-state index is 13.3. The quantitative estimate of drug-likeness (QED) is 0.359. The molecular weight excluding hydrogens is 512 g/mol. The number of nitrogens with zero attached hydrogens (tertiary/aromatic N) is 3. The Labute approximate surface area is 236 Å². The Morgan fingerprint density at radius 2 is 1.87 bits per heavy atom. The van der Waals surface area contributed by atoms with E-state index in [1.807, 2.05) is 24.3 Å². The lowest BCUT2D eigenvalue weighted by Gasteiger charge is -2.66. The van der Waals surface area contributed by atoms with Crippen LogP contribution in [0, 0.1) is 23.2 Å². The maximum atomic E-state index is 13.3. The maximum Gasteiger partial charge on any atom is 0.229 e. The number of rotatable bonds is 10. The van der Waals surface area contributed by atoms with E-state index in [0.29, 0.717) is 41.3 Å². The molecule has 210 valence electrons. The molecule has 39 heavy (non-hydrogen) atoms. The van der Waals surface area contributed by atoms with Gasteiger partial charge in [0.15, 0.2) is 5.82 Å². The van der Waals surface area contributed by atoms with Crippen LogP contribution >= 0.6 is 11.6 Å². The number of hydrogen-bond donors (Lipinski definition) is 3. The number of halogens is 1. The molecule has 2 bridgehead atoms. The molecule has 1 aromatic heterocycles. The van der Waals surface area contributed by atoms with Crippen molar-refractivity contribution in [2.75, 3.05) is 36.9 Å². The molecule has 4 aliphatic carbocycles. The summed E-state index contributed by atoms with van der Waals surface area (Å²) in [6.07, 6.45) is 8.36. The van der Waals surface area contributed by atoms with Crippen LogP contribution in [0.4, 0.5) is 17.5 Å². The van der Waals surface area contributed by atoms with E-state index in [0.717, 1.165) is 43.7 Å². The van der Waals surface area contributed by atoms with Gasteiger partial charge in [-0.1, -0.05) is 25.4 Å². The minimum atomic E-state index is -0.458. The summed E-state index contributed by atoms with van der Waals surface area (Å²) in [4.78, 5) is 25.0. The largest absolute Gasteiger partial charge is 0.492 e. The van der Waals surface area contributed by atoms with E-state index in [1.165, 1.54) is 25.9 Å². The molecule has 0 unspecified atom stereocenters. The summed E-state index contributed by atoms with van der Waals surface area (Å²) in [6.45, 7) is 10.9. The second-order valence-corrected chi connectivity index (χ2v) is 13.1. The molecule has 4 saturated carbocycles. The van der Waals surface area contributed by atoms with Crippen LogP contribution in [0.1, 0.15) is 59.3 Å². The summed E-state index contributed by atoms with van der Waals surface area (Å²) in [7, 11) is 0. The van der Waals surface area contributed by atoms with E-state index in [2.05, 4.69) is 46.6 Å². The molecule has 4 atom stereocenters. The fourth-order valence-corrected chi connectivity index (χ4v) is 7.26. The normalized spacial score (nSPS) is 29.4. The molecule has 1 saturated heterocycles. The predicted octanol–water partition coefficient (Wildman–Crippen LogP) is 5.48. The molecule has 7 rings (SSSR count). The molecule has 3 N–H and O–H groups in total. The highest BCUT2D eigenvalue weighted by atomic mass is 35.5. The Bertz CT molecular complexity index is 1200. The minimum absolute atomic E-state index is 0.129. The highest BCUT2D eigenvalue weighted by molar-refractivity contribution is 6.32. The fraction of sp³-hybridized carbons (Fsp3) is 0.633. The van der Waals surface area contributed by atoms with E-state index < -0.39 is 5.54 Å². The second-order valence-electron chi connectivity index (χ2n) is 12.7. The molecule has 0 spiro atoms. The second kappa shape index (κ2) is 10.4. The molecule has 1 aromatic carbocycles. The summed E-state index contributed by atoms with van der Waals surface area (Å²) in [5.41, 5.74) is 0.570. The first-order chi connectivity index (χ1) is 18.7. The summed E-state index contributed by atoms with van der Waals surface area (Å²) >= 11 is 6.61. The van der Waals surface area contributed by atoms with Crippen molar-refractivity contribution in [2.45, 2.75) is 70.9 Å². The number of anilines is 3. The SMILES string of the molecule is CC1(C)[C@H]2C[C@H](C(=O)NC3CC3)[C@](C)(Nc3nc(Nc4ccc(OCCN5CCCC5)cc4)ncc3Cl)[C@@H]1C2. The molecular formula is C30H41ClN6O2. The summed E-state index contributed by atoms with van der Waals surface area (Å²) in [6, 6.07) is 8.20. The van der Waals surface area contributed by atoms with Gasteiger partial charge >= 0.3 is 0 Å². The third kappa shape index (κ3) is 5.42. The predicted molar refractivity (Wildman–Crippen MR) is 155 cm³/mol. The molecule has 0 radical (unpaired) electrons. The van der Waals surface area contributed by atoms with Crippen molar-refractivity contribution in [3.63, 3.8) is 0 Å². The minimum Gasteiger partial charge on any atom is -0.492 e. The first-order valence-corrected chi connectivity index (χ1v) is 14.9. The van der Waals surface area contributed by atoms with Crippen molar-refractivity contribution in [1.82, 2.24) is 20.2 Å². The van der Waals surface area contributed by atoms with Gasteiger partial charge in [-0.05, 0) is 100 Å². The van der Waals surface area contributed by atoms with Crippen molar-refractivity contribution >= 4 is 35.0 Å². The molecule has 8 nitrogen and oxygen atoms in total. The topological polar surface area (TPSA) is 91.4 Å². The van der Waals surface area contributed by atoms with Gasteiger partial charge in [0.2, 0.25) is 11.9 Å². The van der Waals surface area contributed by atoms with E-state index in [9.17, 15) is 4.79 Å². The molecule has 5 fully saturated rings. The molecule has 1 amide bonds. The first kappa shape index (κ1) is 26.6. The average Bonchev–Trinajstić information content (AvgIpc) is 3.56. The van der Waals surface area contributed by atoms with Gasteiger partial charge in [-0.15, -0.1) is 0 Å². The number of carbonyl (C=O) groups is 1. The van der Waals surface area contributed by atoms with Gasteiger partial charge in [0, 0.05) is 18.3 Å². The van der Waals surface area contributed by atoms with Gasteiger partial charge in [-0.3, -0.25) is 9.69 Å². The zero-order valence-electron chi connectivity index (χ0n) is 23.3. The molecule has 1 aliphatic heterocycles.